The Kier molecular flexibility index (Phi) is 3.16. The maximum atomic E-state index is 5.83. The summed E-state index contributed by atoms with van der Waals surface area (Å²) in [6, 6.07) is 18.8. The molecule has 0 spiro atoms. The number of nitrogens with one attached hydrogen (secondary N) is 1. The van der Waals surface area contributed by atoms with Crippen LogP contribution in [0, 0.1) is 0 Å². The first-order chi connectivity index (χ1) is 11.3. The van der Waals surface area contributed by atoms with Crippen molar-refractivity contribution in [2.75, 3.05) is 5.73 Å². The Bertz CT molecular complexity index is 927. The molecule has 2 heterocycles. The number of fused-ring (bicyclic) bond motifs is 1. The number of nitrogens with two attached hydrogens (primary N) is 1. The maximum Gasteiger partial charge on any atom is 0.157 e. The van der Waals surface area contributed by atoms with Crippen LogP contribution in [-0.4, -0.2) is 15.0 Å². The van der Waals surface area contributed by atoms with E-state index >= 15 is 0 Å². The summed E-state index contributed by atoms with van der Waals surface area (Å²) < 4.78 is 5.83. The number of nitrogen functional groups attached to an aromatic ring is 1. The van der Waals surface area contributed by atoms with Crippen molar-refractivity contribution in [3.05, 3.63) is 66.9 Å². The van der Waals surface area contributed by atoms with Gasteiger partial charge in [-0.3, -0.25) is 4.98 Å². The van der Waals surface area contributed by atoms with Crippen LogP contribution in [-0.2, 0) is 0 Å². The van der Waals surface area contributed by atoms with Crippen molar-refractivity contribution in [1.29, 1.82) is 0 Å². The molecule has 0 atom stereocenters. The van der Waals surface area contributed by atoms with Gasteiger partial charge < -0.3 is 15.5 Å². The Morgan fingerprint density at radius 2 is 1.74 bits per heavy atom. The molecule has 0 fully saturated rings. The monoisotopic (exact) mass is 302 g/mol. The number of pyridine rings is 1. The SMILES string of the molecule is Nc1ccc(Oc2ccnc(-c3nc4ccccc4[nH]3)c2)cc1. The van der Waals surface area contributed by atoms with Gasteiger partial charge in [-0.2, -0.15) is 0 Å². The highest BCUT2D eigenvalue weighted by molar-refractivity contribution is 5.78. The second kappa shape index (κ2) is 5.46. The summed E-state index contributed by atoms with van der Waals surface area (Å²) in [6.07, 6.45) is 1.70. The van der Waals surface area contributed by atoms with Crippen LogP contribution in [0.25, 0.3) is 22.6 Å². The highest BCUT2D eigenvalue weighted by Crippen LogP contribution is 2.26. The lowest BCUT2D eigenvalue weighted by Gasteiger charge is -2.06. The normalized spacial score (nSPS) is 10.8. The second-order valence-electron chi connectivity index (χ2n) is 5.15. The van der Waals surface area contributed by atoms with Crippen LogP contribution in [0.15, 0.2) is 66.9 Å². The van der Waals surface area contributed by atoms with Crippen molar-refractivity contribution < 1.29 is 4.74 Å². The molecular formula is C18H14N4O. The number of hydrogen-bond donors (Lipinski definition) is 2. The first-order valence-corrected chi connectivity index (χ1v) is 7.22. The molecule has 112 valence electrons. The molecule has 3 N–H and O–H groups in total. The standard InChI is InChI=1S/C18H14N4O/c19-12-5-7-13(8-6-12)23-14-9-10-20-17(11-14)18-21-15-3-1-2-4-16(15)22-18/h1-11H,19H2,(H,21,22). The molecule has 5 nitrogen and oxygen atoms in total. The zero-order valence-electron chi connectivity index (χ0n) is 12.2. The molecule has 0 unspecified atom stereocenters. The number of ether oxygens (including phenoxy) is 1. The zero-order chi connectivity index (χ0) is 15.6. The van der Waals surface area contributed by atoms with E-state index in [0.29, 0.717) is 17.3 Å². The Labute approximate surface area is 132 Å². The Morgan fingerprint density at radius 3 is 2.57 bits per heavy atom. The molecule has 23 heavy (non-hydrogen) atoms. The fourth-order valence-electron chi connectivity index (χ4n) is 2.35. The van der Waals surface area contributed by atoms with Crippen LogP contribution >= 0.6 is 0 Å². The molecular weight excluding hydrogens is 288 g/mol. The molecule has 0 bridgehead atoms. The first kappa shape index (κ1) is 13.3. The molecule has 0 saturated carbocycles. The minimum Gasteiger partial charge on any atom is -0.457 e. The molecule has 4 rings (SSSR count). The number of rotatable bonds is 3. The van der Waals surface area contributed by atoms with Crippen LogP contribution in [0.4, 0.5) is 5.69 Å². The van der Waals surface area contributed by atoms with E-state index in [2.05, 4.69) is 15.0 Å². The van der Waals surface area contributed by atoms with Gasteiger partial charge in [0.05, 0.1) is 11.0 Å². The predicted octanol–water partition coefficient (Wildman–Crippen LogP) is 4.00. The molecule has 4 aromatic rings. The molecule has 0 radical (unpaired) electrons. The molecule has 5 heteroatoms. The fourth-order valence-corrected chi connectivity index (χ4v) is 2.35. The van der Waals surface area contributed by atoms with Gasteiger partial charge in [-0.15, -0.1) is 0 Å². The van der Waals surface area contributed by atoms with Gasteiger partial charge in [0, 0.05) is 18.0 Å². The van der Waals surface area contributed by atoms with Gasteiger partial charge in [0.15, 0.2) is 5.82 Å². The number of benzene rings is 2. The summed E-state index contributed by atoms with van der Waals surface area (Å²) in [5.41, 5.74) is 9.01. The van der Waals surface area contributed by atoms with E-state index in [0.717, 1.165) is 22.5 Å². The first-order valence-electron chi connectivity index (χ1n) is 7.22. The Morgan fingerprint density at radius 1 is 0.913 bits per heavy atom. The Balaban J connectivity index is 1.66. The summed E-state index contributed by atoms with van der Waals surface area (Å²) in [5, 5.41) is 0. The summed E-state index contributed by atoms with van der Waals surface area (Å²) in [7, 11) is 0. The average molecular weight is 302 g/mol. The molecule has 0 aliphatic carbocycles. The van der Waals surface area contributed by atoms with Crippen LogP contribution in [0.2, 0.25) is 0 Å². The van der Waals surface area contributed by atoms with Gasteiger partial charge in [0.25, 0.3) is 0 Å². The number of aromatic nitrogens is 3. The molecule has 2 aromatic heterocycles. The van der Waals surface area contributed by atoms with Crippen LogP contribution in [0.3, 0.4) is 0 Å². The topological polar surface area (TPSA) is 76.8 Å². The lowest BCUT2D eigenvalue weighted by atomic mass is 10.3. The van der Waals surface area contributed by atoms with Gasteiger partial charge in [-0.05, 0) is 42.5 Å². The van der Waals surface area contributed by atoms with Crippen molar-refractivity contribution in [3.8, 4) is 23.0 Å². The zero-order valence-corrected chi connectivity index (χ0v) is 12.2. The summed E-state index contributed by atoms with van der Waals surface area (Å²) >= 11 is 0. The van der Waals surface area contributed by atoms with E-state index in [9.17, 15) is 0 Å². The van der Waals surface area contributed by atoms with Crippen molar-refractivity contribution >= 4 is 16.7 Å². The van der Waals surface area contributed by atoms with E-state index < -0.39 is 0 Å². The lowest BCUT2D eigenvalue weighted by molar-refractivity contribution is 0.482. The fraction of sp³-hybridized carbons (Fsp3) is 0. The highest BCUT2D eigenvalue weighted by Gasteiger charge is 2.07. The number of H-pyrrole nitrogens is 1. The molecule has 0 aliphatic heterocycles. The molecule has 0 aliphatic rings. The van der Waals surface area contributed by atoms with E-state index in [1.165, 1.54) is 0 Å². The third kappa shape index (κ3) is 2.72. The van der Waals surface area contributed by atoms with Crippen molar-refractivity contribution in [3.63, 3.8) is 0 Å². The van der Waals surface area contributed by atoms with Crippen molar-refractivity contribution in [1.82, 2.24) is 15.0 Å². The van der Waals surface area contributed by atoms with E-state index in [1.54, 1.807) is 18.3 Å². The number of imidazole rings is 1. The number of anilines is 1. The number of nitrogens with zero attached hydrogens (tertiary/aromatic N) is 2. The summed E-state index contributed by atoms with van der Waals surface area (Å²) in [6.45, 7) is 0. The number of aromatic amines is 1. The van der Waals surface area contributed by atoms with Gasteiger partial charge >= 0.3 is 0 Å². The van der Waals surface area contributed by atoms with Gasteiger partial charge in [0.1, 0.15) is 17.2 Å². The predicted molar refractivity (Wildman–Crippen MR) is 90.3 cm³/mol. The third-order valence-electron chi connectivity index (χ3n) is 3.48. The van der Waals surface area contributed by atoms with Gasteiger partial charge in [-0.25, -0.2) is 4.98 Å². The van der Waals surface area contributed by atoms with E-state index in [1.807, 2.05) is 48.5 Å². The van der Waals surface area contributed by atoms with Crippen molar-refractivity contribution in [2.24, 2.45) is 0 Å². The van der Waals surface area contributed by atoms with E-state index in [-0.39, 0.29) is 0 Å². The van der Waals surface area contributed by atoms with Crippen LogP contribution in [0.1, 0.15) is 0 Å². The van der Waals surface area contributed by atoms with Crippen LogP contribution in [0.5, 0.6) is 11.5 Å². The van der Waals surface area contributed by atoms with Crippen LogP contribution < -0.4 is 10.5 Å². The minimum absolute atomic E-state index is 0.695. The highest BCUT2D eigenvalue weighted by atomic mass is 16.5. The largest absolute Gasteiger partial charge is 0.457 e. The van der Waals surface area contributed by atoms with Gasteiger partial charge in [0.2, 0.25) is 0 Å². The number of hydrogen-bond acceptors (Lipinski definition) is 4. The van der Waals surface area contributed by atoms with E-state index in [4.69, 9.17) is 10.5 Å². The second-order valence-corrected chi connectivity index (χ2v) is 5.15. The molecule has 0 saturated heterocycles. The smallest absolute Gasteiger partial charge is 0.157 e. The third-order valence-corrected chi connectivity index (χ3v) is 3.48. The minimum atomic E-state index is 0.695. The number of para-hydroxylation sites is 2. The summed E-state index contributed by atoms with van der Waals surface area (Å²) in [4.78, 5) is 12.2. The maximum absolute atomic E-state index is 5.83. The Hall–Kier alpha value is -3.34. The van der Waals surface area contributed by atoms with Gasteiger partial charge in [-0.1, -0.05) is 12.1 Å². The lowest BCUT2D eigenvalue weighted by Crippen LogP contribution is -1.90. The summed E-state index contributed by atoms with van der Waals surface area (Å²) in [5.74, 6) is 2.13. The van der Waals surface area contributed by atoms with Crippen molar-refractivity contribution in [2.45, 2.75) is 0 Å². The molecule has 0 amide bonds. The quantitative estimate of drug-likeness (QED) is 0.561. The molecule has 2 aromatic carbocycles. The average Bonchev–Trinajstić information content (AvgIpc) is 3.01.